The van der Waals surface area contributed by atoms with Crippen LogP contribution in [0.4, 0.5) is 22.0 Å². The molecule has 4 rings (SSSR count). The van der Waals surface area contributed by atoms with Crippen LogP contribution in [-0.4, -0.2) is 6.36 Å². The fourth-order valence-corrected chi connectivity index (χ4v) is 5.18. The number of aryl methyl sites for hydroxylation is 1. The van der Waals surface area contributed by atoms with Crippen LogP contribution in [0.2, 0.25) is 0 Å². The van der Waals surface area contributed by atoms with E-state index in [1.54, 1.807) is 12.1 Å². The monoisotopic (exact) mass is 476 g/mol. The van der Waals surface area contributed by atoms with E-state index < -0.39 is 23.7 Å². The molecule has 0 aromatic heterocycles. The molecule has 0 atom stereocenters. The normalized spacial score (nSPS) is 18.9. The molecule has 34 heavy (non-hydrogen) atoms. The minimum atomic E-state index is -5.00. The fraction of sp³-hybridized carbons (Fsp3) is 0.429. The van der Waals surface area contributed by atoms with Crippen LogP contribution in [0.1, 0.15) is 57.4 Å². The summed E-state index contributed by atoms with van der Waals surface area (Å²) in [5.41, 5.74) is 1.44. The van der Waals surface area contributed by atoms with Gasteiger partial charge in [-0.2, -0.15) is 0 Å². The first-order valence-corrected chi connectivity index (χ1v) is 12.0. The van der Waals surface area contributed by atoms with Crippen molar-refractivity contribution in [2.45, 2.75) is 64.7 Å². The Morgan fingerprint density at radius 2 is 1.56 bits per heavy atom. The summed E-state index contributed by atoms with van der Waals surface area (Å²) >= 11 is 0. The van der Waals surface area contributed by atoms with E-state index in [2.05, 4.69) is 11.7 Å². The molecule has 1 aliphatic rings. The summed E-state index contributed by atoms with van der Waals surface area (Å²) < 4.78 is 70.1. The summed E-state index contributed by atoms with van der Waals surface area (Å²) in [6, 6.07) is 11.9. The molecule has 0 spiro atoms. The van der Waals surface area contributed by atoms with Crippen LogP contribution >= 0.6 is 0 Å². The van der Waals surface area contributed by atoms with Crippen LogP contribution in [-0.2, 0) is 6.42 Å². The molecule has 1 aliphatic carbocycles. The van der Waals surface area contributed by atoms with Crippen LogP contribution in [0, 0.1) is 23.5 Å². The lowest BCUT2D eigenvalue weighted by Gasteiger charge is -2.28. The van der Waals surface area contributed by atoms with Gasteiger partial charge in [-0.3, -0.25) is 0 Å². The van der Waals surface area contributed by atoms with Gasteiger partial charge in [-0.05, 0) is 53.3 Å². The van der Waals surface area contributed by atoms with Gasteiger partial charge in [0, 0.05) is 10.9 Å². The van der Waals surface area contributed by atoms with Crippen molar-refractivity contribution in [1.29, 1.82) is 0 Å². The highest BCUT2D eigenvalue weighted by atomic mass is 19.4. The van der Waals surface area contributed by atoms with Crippen LogP contribution in [0.15, 0.2) is 48.5 Å². The largest absolute Gasteiger partial charge is 0.573 e. The van der Waals surface area contributed by atoms with E-state index in [4.69, 9.17) is 0 Å². The van der Waals surface area contributed by atoms with Crippen molar-refractivity contribution in [2.75, 3.05) is 0 Å². The number of rotatable bonds is 7. The van der Waals surface area contributed by atoms with Gasteiger partial charge in [0.05, 0.1) is 0 Å². The average Bonchev–Trinajstić information content (AvgIpc) is 2.80. The topological polar surface area (TPSA) is 9.23 Å². The molecule has 6 heteroatoms. The Morgan fingerprint density at radius 3 is 2.21 bits per heavy atom. The lowest BCUT2D eigenvalue weighted by Crippen LogP contribution is -2.17. The van der Waals surface area contributed by atoms with Crippen molar-refractivity contribution < 1.29 is 26.7 Å². The van der Waals surface area contributed by atoms with E-state index in [9.17, 15) is 17.6 Å². The summed E-state index contributed by atoms with van der Waals surface area (Å²) in [5, 5.41) is 1.15. The van der Waals surface area contributed by atoms with Gasteiger partial charge in [-0.15, -0.1) is 13.2 Å². The summed E-state index contributed by atoms with van der Waals surface area (Å²) in [5.74, 6) is -1.03. The molecule has 0 aliphatic heterocycles. The first-order chi connectivity index (χ1) is 16.2. The molecule has 1 fully saturated rings. The quantitative estimate of drug-likeness (QED) is 0.309. The Labute approximate surface area is 196 Å². The van der Waals surface area contributed by atoms with Crippen molar-refractivity contribution in [3.05, 3.63) is 65.7 Å². The Morgan fingerprint density at radius 1 is 0.853 bits per heavy atom. The molecule has 0 saturated heterocycles. The van der Waals surface area contributed by atoms with Crippen LogP contribution in [0.3, 0.4) is 0 Å². The first-order valence-electron chi connectivity index (χ1n) is 12.0. The van der Waals surface area contributed by atoms with Gasteiger partial charge in [0.2, 0.25) is 0 Å². The fourth-order valence-electron chi connectivity index (χ4n) is 5.18. The summed E-state index contributed by atoms with van der Waals surface area (Å²) in [4.78, 5) is 0. The van der Waals surface area contributed by atoms with Crippen LogP contribution in [0.25, 0.3) is 21.9 Å². The molecule has 3 aromatic carbocycles. The molecule has 0 amide bonds. The molecule has 0 unspecified atom stereocenters. The van der Waals surface area contributed by atoms with Gasteiger partial charge in [0.15, 0.2) is 11.6 Å². The lowest BCUT2D eigenvalue weighted by atomic mass is 9.78. The summed E-state index contributed by atoms with van der Waals surface area (Å²) in [6.45, 7) is 2.25. The third-order valence-electron chi connectivity index (χ3n) is 6.99. The SMILES string of the molecule is CCCC1CCC(CCc2ccc3c(F)c(-c4ccc(OC(F)(F)F)c(F)c4)ccc3c2)CC1. The number of benzene rings is 3. The second-order valence-electron chi connectivity index (χ2n) is 9.39. The van der Waals surface area contributed by atoms with Gasteiger partial charge in [-0.1, -0.05) is 81.8 Å². The van der Waals surface area contributed by atoms with Crippen LogP contribution < -0.4 is 4.74 Å². The minimum absolute atomic E-state index is 0.126. The predicted octanol–water partition coefficient (Wildman–Crippen LogP) is 9.22. The van der Waals surface area contributed by atoms with E-state index in [0.717, 1.165) is 47.8 Å². The maximum atomic E-state index is 15.2. The summed E-state index contributed by atoms with van der Waals surface area (Å²) in [6.07, 6.45) is 4.93. The zero-order chi connectivity index (χ0) is 24.3. The van der Waals surface area contributed by atoms with Crippen molar-refractivity contribution in [1.82, 2.24) is 0 Å². The molecular weight excluding hydrogens is 447 g/mol. The molecule has 0 radical (unpaired) electrons. The van der Waals surface area contributed by atoms with E-state index >= 15 is 4.39 Å². The highest BCUT2D eigenvalue weighted by Gasteiger charge is 2.32. The third-order valence-corrected chi connectivity index (χ3v) is 6.99. The Hall–Kier alpha value is -2.63. The van der Waals surface area contributed by atoms with Gasteiger partial charge in [-0.25, -0.2) is 8.78 Å². The van der Waals surface area contributed by atoms with E-state index in [1.165, 1.54) is 50.7 Å². The second kappa shape index (κ2) is 10.3. The number of alkyl halides is 3. The van der Waals surface area contributed by atoms with Gasteiger partial charge < -0.3 is 4.74 Å². The molecular formula is C28H29F5O. The zero-order valence-corrected chi connectivity index (χ0v) is 19.2. The van der Waals surface area contributed by atoms with Crippen molar-refractivity contribution in [3.8, 4) is 16.9 Å². The standard InChI is InChI=1S/C28H29F5O/c1-2-3-18-4-6-19(7-5-18)8-9-20-10-13-23-21(16-20)11-14-24(27(23)30)22-12-15-26(25(29)17-22)34-28(31,32)33/h10-19H,2-9H2,1H3. The van der Waals surface area contributed by atoms with Crippen molar-refractivity contribution in [2.24, 2.45) is 11.8 Å². The Kier molecular flexibility index (Phi) is 7.44. The zero-order valence-electron chi connectivity index (χ0n) is 19.2. The van der Waals surface area contributed by atoms with Gasteiger partial charge in [0.1, 0.15) is 5.82 Å². The Bertz CT molecular complexity index is 1130. The Balaban J connectivity index is 1.46. The maximum Gasteiger partial charge on any atom is 0.573 e. The number of hydrogen-bond donors (Lipinski definition) is 0. The highest BCUT2D eigenvalue weighted by Crippen LogP contribution is 2.35. The number of fused-ring (bicyclic) bond motifs is 1. The van der Waals surface area contributed by atoms with E-state index in [0.29, 0.717) is 5.39 Å². The first kappa shape index (κ1) is 24.5. The molecule has 182 valence electrons. The van der Waals surface area contributed by atoms with Crippen LogP contribution in [0.5, 0.6) is 5.75 Å². The third kappa shape index (κ3) is 5.89. The molecule has 0 bridgehead atoms. The van der Waals surface area contributed by atoms with E-state index in [-0.39, 0.29) is 11.1 Å². The number of ether oxygens (including phenoxy) is 1. The van der Waals surface area contributed by atoms with Crippen molar-refractivity contribution in [3.63, 3.8) is 0 Å². The lowest BCUT2D eigenvalue weighted by molar-refractivity contribution is -0.275. The highest BCUT2D eigenvalue weighted by molar-refractivity contribution is 5.88. The molecule has 1 nitrogen and oxygen atoms in total. The van der Waals surface area contributed by atoms with E-state index in [1.807, 2.05) is 12.1 Å². The summed E-state index contributed by atoms with van der Waals surface area (Å²) in [7, 11) is 0. The maximum absolute atomic E-state index is 15.2. The average molecular weight is 477 g/mol. The number of hydrogen-bond acceptors (Lipinski definition) is 1. The number of halogens is 5. The van der Waals surface area contributed by atoms with Gasteiger partial charge >= 0.3 is 6.36 Å². The molecule has 0 N–H and O–H groups in total. The second-order valence-corrected chi connectivity index (χ2v) is 9.39. The predicted molar refractivity (Wildman–Crippen MR) is 125 cm³/mol. The minimum Gasteiger partial charge on any atom is -0.403 e. The molecule has 3 aromatic rings. The molecule has 1 saturated carbocycles. The molecule has 0 heterocycles. The van der Waals surface area contributed by atoms with Gasteiger partial charge in [0.25, 0.3) is 0 Å². The smallest absolute Gasteiger partial charge is 0.403 e. The van der Waals surface area contributed by atoms with Crippen molar-refractivity contribution >= 4 is 10.8 Å².